The molecule has 0 heterocycles. The quantitative estimate of drug-likeness (QED) is 0.392. The zero-order chi connectivity index (χ0) is 13.0. The van der Waals surface area contributed by atoms with Gasteiger partial charge in [0.1, 0.15) is 0 Å². The zero-order valence-electron chi connectivity index (χ0n) is 9.38. The van der Waals surface area contributed by atoms with E-state index in [1.165, 1.54) is 0 Å². The van der Waals surface area contributed by atoms with Gasteiger partial charge in [-0.3, -0.25) is 0 Å². The minimum absolute atomic E-state index is 0.121. The third-order valence-electron chi connectivity index (χ3n) is 2.31. The summed E-state index contributed by atoms with van der Waals surface area (Å²) < 4.78 is 1.06. The third-order valence-corrected chi connectivity index (χ3v) is 3.85. The molecule has 0 saturated carbocycles. The third kappa shape index (κ3) is 3.27. The molecule has 0 radical (unpaired) electrons. The van der Waals surface area contributed by atoms with Crippen molar-refractivity contribution >= 4 is 33.5 Å². The van der Waals surface area contributed by atoms with Gasteiger partial charge in [-0.05, 0) is 36.4 Å². The molecule has 18 heavy (non-hydrogen) atoms. The van der Waals surface area contributed by atoms with Crippen molar-refractivity contribution in [2.24, 2.45) is 10.9 Å². The van der Waals surface area contributed by atoms with Gasteiger partial charge >= 0.3 is 0 Å². The van der Waals surface area contributed by atoms with Crippen LogP contribution in [0.25, 0.3) is 0 Å². The number of benzene rings is 2. The summed E-state index contributed by atoms with van der Waals surface area (Å²) in [6.45, 7) is 0. The molecule has 0 aliphatic heterocycles. The van der Waals surface area contributed by atoms with Gasteiger partial charge in [0.05, 0.1) is 0 Å². The maximum Gasteiger partial charge on any atom is 0.170 e. The Morgan fingerprint density at radius 1 is 1.00 bits per heavy atom. The molecule has 0 aromatic heterocycles. The molecule has 0 atom stereocenters. The molecular formula is C13H11BrN2OS. The van der Waals surface area contributed by atoms with Crippen LogP contribution in [0.5, 0.6) is 0 Å². The van der Waals surface area contributed by atoms with Gasteiger partial charge in [0.2, 0.25) is 0 Å². The number of nitrogens with two attached hydrogens (primary N) is 1. The summed E-state index contributed by atoms with van der Waals surface area (Å²) in [5, 5.41) is 11.5. The van der Waals surface area contributed by atoms with E-state index < -0.39 is 0 Å². The Kier molecular flexibility index (Phi) is 4.28. The number of nitrogens with zero attached hydrogens (tertiary/aromatic N) is 1. The Morgan fingerprint density at radius 2 is 1.50 bits per heavy atom. The Morgan fingerprint density at radius 3 is 2.00 bits per heavy atom. The first-order valence-electron chi connectivity index (χ1n) is 5.20. The fourth-order valence-electron chi connectivity index (χ4n) is 1.39. The van der Waals surface area contributed by atoms with E-state index in [4.69, 9.17) is 10.9 Å². The largest absolute Gasteiger partial charge is 0.409 e. The highest BCUT2D eigenvalue weighted by atomic mass is 79.9. The van der Waals surface area contributed by atoms with Crippen molar-refractivity contribution in [3.63, 3.8) is 0 Å². The lowest BCUT2D eigenvalue weighted by molar-refractivity contribution is 0.318. The molecule has 2 aromatic rings. The smallest absolute Gasteiger partial charge is 0.170 e. The van der Waals surface area contributed by atoms with Crippen LogP contribution in [0.1, 0.15) is 5.56 Å². The van der Waals surface area contributed by atoms with Crippen molar-refractivity contribution in [1.29, 1.82) is 0 Å². The predicted octanol–water partition coefficient (Wildman–Crippen LogP) is 3.69. The lowest BCUT2D eigenvalue weighted by Gasteiger charge is -2.03. The van der Waals surface area contributed by atoms with Crippen LogP contribution < -0.4 is 5.73 Å². The number of rotatable bonds is 3. The average Bonchev–Trinajstić information content (AvgIpc) is 2.41. The molecule has 5 heteroatoms. The summed E-state index contributed by atoms with van der Waals surface area (Å²) in [7, 11) is 0. The molecule has 0 fully saturated rings. The highest BCUT2D eigenvalue weighted by Gasteiger charge is 2.01. The maximum atomic E-state index is 8.57. The molecule has 2 aromatic carbocycles. The Hall–Kier alpha value is -1.46. The summed E-state index contributed by atoms with van der Waals surface area (Å²) >= 11 is 5.06. The number of hydrogen-bond acceptors (Lipinski definition) is 3. The van der Waals surface area contributed by atoms with Gasteiger partial charge in [-0.1, -0.05) is 45.0 Å². The van der Waals surface area contributed by atoms with Crippen LogP contribution in [0, 0.1) is 0 Å². The molecule has 0 amide bonds. The van der Waals surface area contributed by atoms with E-state index in [9.17, 15) is 0 Å². The summed E-state index contributed by atoms with van der Waals surface area (Å²) in [6, 6.07) is 15.7. The van der Waals surface area contributed by atoms with E-state index in [2.05, 4.69) is 21.1 Å². The van der Waals surface area contributed by atoms with Crippen molar-refractivity contribution < 1.29 is 5.21 Å². The number of hydrogen-bond donors (Lipinski definition) is 2. The van der Waals surface area contributed by atoms with Crippen molar-refractivity contribution in [3.05, 3.63) is 58.6 Å². The van der Waals surface area contributed by atoms with E-state index in [1.807, 2.05) is 48.5 Å². The molecular weight excluding hydrogens is 312 g/mol. The Bertz CT molecular complexity index is 552. The molecule has 0 unspecified atom stereocenters. The highest BCUT2D eigenvalue weighted by molar-refractivity contribution is 9.10. The molecule has 0 aliphatic carbocycles. The standard InChI is InChI=1S/C13H11BrN2OS/c14-10-3-7-12(8-4-10)18-11-5-1-9(2-6-11)13(15)16-17/h1-8,17H,(H2,15,16). The van der Waals surface area contributed by atoms with Crippen LogP contribution in [0.3, 0.4) is 0 Å². The van der Waals surface area contributed by atoms with E-state index in [-0.39, 0.29) is 5.84 Å². The number of oxime groups is 1. The minimum atomic E-state index is 0.121. The first kappa shape index (κ1) is 13.0. The zero-order valence-corrected chi connectivity index (χ0v) is 11.8. The molecule has 2 rings (SSSR count). The normalized spacial score (nSPS) is 11.5. The topological polar surface area (TPSA) is 58.6 Å². The Labute approximate surface area is 118 Å². The second-order valence-electron chi connectivity index (χ2n) is 3.57. The first-order chi connectivity index (χ1) is 8.69. The van der Waals surface area contributed by atoms with Gasteiger partial charge < -0.3 is 10.9 Å². The second-order valence-corrected chi connectivity index (χ2v) is 5.63. The van der Waals surface area contributed by atoms with Crippen molar-refractivity contribution in [2.75, 3.05) is 0 Å². The summed E-state index contributed by atoms with van der Waals surface area (Å²) in [4.78, 5) is 2.27. The summed E-state index contributed by atoms with van der Waals surface area (Å²) in [5.41, 5.74) is 6.21. The maximum absolute atomic E-state index is 8.57. The molecule has 0 bridgehead atoms. The van der Waals surface area contributed by atoms with Crippen LogP contribution in [0.2, 0.25) is 0 Å². The van der Waals surface area contributed by atoms with Crippen LogP contribution in [-0.2, 0) is 0 Å². The van der Waals surface area contributed by atoms with Gasteiger partial charge in [-0.25, -0.2) is 0 Å². The van der Waals surface area contributed by atoms with Crippen molar-refractivity contribution in [3.8, 4) is 0 Å². The molecule has 92 valence electrons. The molecule has 3 N–H and O–H groups in total. The van der Waals surface area contributed by atoms with Gasteiger partial charge in [-0.15, -0.1) is 0 Å². The number of halogens is 1. The van der Waals surface area contributed by atoms with Crippen LogP contribution in [0.4, 0.5) is 0 Å². The van der Waals surface area contributed by atoms with Gasteiger partial charge in [-0.2, -0.15) is 0 Å². The van der Waals surface area contributed by atoms with Gasteiger partial charge in [0.25, 0.3) is 0 Å². The second kappa shape index (κ2) is 5.93. The Balaban J connectivity index is 2.13. The molecule has 3 nitrogen and oxygen atoms in total. The minimum Gasteiger partial charge on any atom is -0.409 e. The van der Waals surface area contributed by atoms with Crippen LogP contribution in [-0.4, -0.2) is 11.0 Å². The average molecular weight is 323 g/mol. The fourth-order valence-corrected chi connectivity index (χ4v) is 2.47. The summed E-state index contributed by atoms with van der Waals surface area (Å²) in [5.74, 6) is 0.121. The van der Waals surface area contributed by atoms with Crippen LogP contribution >= 0.6 is 27.7 Å². The SMILES string of the molecule is N/C(=N\O)c1ccc(Sc2ccc(Br)cc2)cc1. The summed E-state index contributed by atoms with van der Waals surface area (Å²) in [6.07, 6.45) is 0. The first-order valence-corrected chi connectivity index (χ1v) is 6.81. The van der Waals surface area contributed by atoms with E-state index >= 15 is 0 Å². The van der Waals surface area contributed by atoms with Gasteiger partial charge in [0, 0.05) is 19.8 Å². The highest BCUT2D eigenvalue weighted by Crippen LogP contribution is 2.28. The van der Waals surface area contributed by atoms with E-state index in [0.717, 1.165) is 14.3 Å². The van der Waals surface area contributed by atoms with E-state index in [1.54, 1.807) is 11.8 Å². The molecule has 0 aliphatic rings. The number of amidine groups is 1. The van der Waals surface area contributed by atoms with Crippen molar-refractivity contribution in [2.45, 2.75) is 9.79 Å². The lowest BCUT2D eigenvalue weighted by atomic mass is 10.2. The fraction of sp³-hybridized carbons (Fsp3) is 0. The van der Waals surface area contributed by atoms with Crippen LogP contribution in [0.15, 0.2) is 68.0 Å². The predicted molar refractivity (Wildman–Crippen MR) is 77.2 cm³/mol. The lowest BCUT2D eigenvalue weighted by Crippen LogP contribution is -2.12. The van der Waals surface area contributed by atoms with Crippen molar-refractivity contribution in [1.82, 2.24) is 0 Å². The monoisotopic (exact) mass is 322 g/mol. The van der Waals surface area contributed by atoms with E-state index in [0.29, 0.717) is 5.56 Å². The van der Waals surface area contributed by atoms with Gasteiger partial charge in [0.15, 0.2) is 5.84 Å². The molecule has 0 saturated heterocycles. The molecule has 0 spiro atoms.